The molecule has 0 aliphatic rings. The van der Waals surface area contributed by atoms with E-state index in [1.165, 1.54) is 7.11 Å². The molecule has 0 aliphatic carbocycles. The Morgan fingerprint density at radius 1 is 1.07 bits per heavy atom. The van der Waals surface area contributed by atoms with Gasteiger partial charge in [-0.15, -0.1) is 0 Å². The van der Waals surface area contributed by atoms with Gasteiger partial charge in [-0.05, 0) is 35.4 Å². The lowest BCUT2D eigenvalue weighted by molar-refractivity contribution is -0.147. The number of esters is 1. The first-order chi connectivity index (χ1) is 14.2. The lowest BCUT2D eigenvalue weighted by Crippen LogP contribution is -2.52. The van der Waals surface area contributed by atoms with Crippen LogP contribution in [0.1, 0.15) is 37.0 Å². The van der Waals surface area contributed by atoms with Crippen molar-refractivity contribution in [1.82, 2.24) is 5.01 Å². The SMILES string of the molecule is COC(=O)[C@H](CC(C)(C)C[C@@H](N)CS)N(N)C(=O)c1ccccc1-c1ccccc1. The Kier molecular flexibility index (Phi) is 8.46. The van der Waals surface area contributed by atoms with Gasteiger partial charge in [0.15, 0.2) is 0 Å². The topological polar surface area (TPSA) is 98.7 Å². The van der Waals surface area contributed by atoms with E-state index < -0.39 is 17.9 Å². The van der Waals surface area contributed by atoms with Crippen molar-refractivity contribution in [3.63, 3.8) is 0 Å². The summed E-state index contributed by atoms with van der Waals surface area (Å²) in [6.45, 7) is 3.98. The van der Waals surface area contributed by atoms with Crippen molar-refractivity contribution >= 4 is 24.5 Å². The van der Waals surface area contributed by atoms with E-state index in [-0.39, 0.29) is 11.5 Å². The number of nitrogens with zero attached hydrogens (tertiary/aromatic N) is 1. The molecule has 0 aromatic heterocycles. The van der Waals surface area contributed by atoms with Gasteiger partial charge in [-0.25, -0.2) is 10.6 Å². The molecule has 0 saturated carbocycles. The third kappa shape index (κ3) is 6.08. The zero-order valence-corrected chi connectivity index (χ0v) is 18.6. The molecule has 2 atom stereocenters. The van der Waals surface area contributed by atoms with E-state index in [4.69, 9.17) is 16.3 Å². The van der Waals surface area contributed by atoms with Gasteiger partial charge in [-0.1, -0.05) is 62.4 Å². The molecular weight excluding hydrogens is 398 g/mol. The summed E-state index contributed by atoms with van der Waals surface area (Å²) < 4.78 is 4.95. The van der Waals surface area contributed by atoms with Crippen LogP contribution in [0.3, 0.4) is 0 Å². The number of hydrogen-bond donors (Lipinski definition) is 3. The minimum absolute atomic E-state index is 0.123. The molecule has 0 aliphatic heterocycles. The third-order valence-electron chi connectivity index (χ3n) is 5.08. The summed E-state index contributed by atoms with van der Waals surface area (Å²) in [5.41, 5.74) is 7.76. The third-order valence-corrected chi connectivity index (χ3v) is 5.55. The highest BCUT2D eigenvalue weighted by Crippen LogP contribution is 2.31. The second kappa shape index (κ2) is 10.6. The average molecular weight is 430 g/mol. The molecule has 0 radical (unpaired) electrons. The quantitative estimate of drug-likeness (QED) is 0.187. The van der Waals surface area contributed by atoms with Gasteiger partial charge in [0, 0.05) is 17.4 Å². The van der Waals surface area contributed by atoms with Crippen LogP contribution in [0, 0.1) is 5.41 Å². The smallest absolute Gasteiger partial charge is 0.330 e. The fraction of sp³-hybridized carbons (Fsp3) is 0.391. The molecular formula is C23H31N3O3S. The molecule has 0 saturated heterocycles. The first kappa shape index (κ1) is 23.9. The number of methoxy groups -OCH3 is 1. The molecule has 0 fully saturated rings. The van der Waals surface area contributed by atoms with E-state index in [9.17, 15) is 9.59 Å². The second-order valence-electron chi connectivity index (χ2n) is 8.18. The van der Waals surface area contributed by atoms with Crippen molar-refractivity contribution in [2.45, 2.75) is 38.8 Å². The number of ether oxygens (including phenoxy) is 1. The summed E-state index contributed by atoms with van der Waals surface area (Å²) in [6, 6.07) is 15.7. The normalized spacial score (nSPS) is 13.4. The zero-order chi connectivity index (χ0) is 22.3. The Morgan fingerprint density at radius 3 is 2.27 bits per heavy atom. The Balaban J connectivity index is 2.34. The van der Waals surface area contributed by atoms with Crippen molar-refractivity contribution in [1.29, 1.82) is 0 Å². The maximum absolute atomic E-state index is 13.3. The molecule has 2 aromatic rings. The highest BCUT2D eigenvalue weighted by molar-refractivity contribution is 7.80. The molecule has 162 valence electrons. The predicted octanol–water partition coefficient (Wildman–Crippen LogP) is 3.27. The molecule has 4 N–H and O–H groups in total. The lowest BCUT2D eigenvalue weighted by Gasteiger charge is -2.34. The number of carbonyl (C=O) groups is 2. The molecule has 1 amide bonds. The summed E-state index contributed by atoms with van der Waals surface area (Å²) in [4.78, 5) is 25.9. The fourth-order valence-electron chi connectivity index (χ4n) is 3.63. The number of thiol groups is 1. The molecule has 6 nitrogen and oxygen atoms in total. The first-order valence-corrected chi connectivity index (χ1v) is 10.5. The molecule has 30 heavy (non-hydrogen) atoms. The maximum Gasteiger partial charge on any atom is 0.330 e. The van der Waals surface area contributed by atoms with Gasteiger partial charge in [-0.3, -0.25) is 9.80 Å². The van der Waals surface area contributed by atoms with Gasteiger partial charge in [0.25, 0.3) is 5.91 Å². The number of carbonyl (C=O) groups excluding carboxylic acids is 2. The number of benzene rings is 2. The number of rotatable bonds is 9. The van der Waals surface area contributed by atoms with Crippen LogP contribution in [0.4, 0.5) is 0 Å². The zero-order valence-electron chi connectivity index (χ0n) is 17.7. The van der Waals surface area contributed by atoms with Gasteiger partial charge in [0.1, 0.15) is 6.04 Å². The Hall–Kier alpha value is -2.35. The molecule has 2 rings (SSSR count). The Labute approximate surface area is 184 Å². The molecule has 7 heteroatoms. The first-order valence-electron chi connectivity index (χ1n) is 9.87. The average Bonchev–Trinajstić information content (AvgIpc) is 2.76. The maximum atomic E-state index is 13.3. The summed E-state index contributed by atoms with van der Waals surface area (Å²) >= 11 is 4.24. The number of hydrazine groups is 1. The van der Waals surface area contributed by atoms with E-state index >= 15 is 0 Å². The van der Waals surface area contributed by atoms with E-state index in [0.717, 1.165) is 16.1 Å². The Bertz CT molecular complexity index is 858. The molecule has 0 unspecified atom stereocenters. The summed E-state index contributed by atoms with van der Waals surface area (Å²) in [6.07, 6.45) is 0.948. The van der Waals surface area contributed by atoms with Crippen LogP contribution in [0.15, 0.2) is 54.6 Å². The van der Waals surface area contributed by atoms with Crippen molar-refractivity contribution in [3.05, 3.63) is 60.2 Å². The van der Waals surface area contributed by atoms with Crippen molar-refractivity contribution in [2.24, 2.45) is 17.0 Å². The van der Waals surface area contributed by atoms with Gasteiger partial charge >= 0.3 is 5.97 Å². The number of nitrogens with two attached hydrogens (primary N) is 2. The van der Waals surface area contributed by atoms with E-state index in [2.05, 4.69) is 12.6 Å². The minimum atomic E-state index is -0.937. The van der Waals surface area contributed by atoms with Crippen LogP contribution < -0.4 is 11.6 Å². The molecule has 0 spiro atoms. The predicted molar refractivity (Wildman–Crippen MR) is 123 cm³/mol. The van der Waals surface area contributed by atoms with Crippen molar-refractivity contribution in [2.75, 3.05) is 12.9 Å². The van der Waals surface area contributed by atoms with Crippen molar-refractivity contribution in [3.8, 4) is 11.1 Å². The summed E-state index contributed by atoms with van der Waals surface area (Å²) in [5, 5.41) is 0.988. The van der Waals surface area contributed by atoms with Gasteiger partial charge < -0.3 is 10.5 Å². The van der Waals surface area contributed by atoms with Gasteiger partial charge in [-0.2, -0.15) is 12.6 Å². The summed E-state index contributed by atoms with van der Waals surface area (Å²) in [7, 11) is 1.29. The lowest BCUT2D eigenvalue weighted by atomic mass is 9.80. The van der Waals surface area contributed by atoms with Crippen LogP contribution in [0.5, 0.6) is 0 Å². The van der Waals surface area contributed by atoms with Crippen LogP contribution in [0.2, 0.25) is 0 Å². The number of amides is 1. The second-order valence-corrected chi connectivity index (χ2v) is 8.54. The fourth-order valence-corrected chi connectivity index (χ4v) is 3.76. The highest BCUT2D eigenvalue weighted by atomic mass is 32.1. The molecule has 2 aromatic carbocycles. The van der Waals surface area contributed by atoms with E-state index in [0.29, 0.717) is 24.2 Å². The van der Waals surface area contributed by atoms with Crippen LogP contribution >= 0.6 is 12.6 Å². The minimum Gasteiger partial charge on any atom is -0.467 e. The van der Waals surface area contributed by atoms with E-state index in [1.807, 2.05) is 56.3 Å². The number of hydrogen-bond acceptors (Lipinski definition) is 6. The largest absolute Gasteiger partial charge is 0.467 e. The summed E-state index contributed by atoms with van der Waals surface area (Å²) in [5.74, 6) is 5.75. The van der Waals surface area contributed by atoms with E-state index in [1.54, 1.807) is 12.1 Å². The van der Waals surface area contributed by atoms with Gasteiger partial charge in [0.05, 0.1) is 7.11 Å². The Morgan fingerprint density at radius 2 is 1.67 bits per heavy atom. The van der Waals surface area contributed by atoms with Crippen molar-refractivity contribution < 1.29 is 14.3 Å². The standard InChI is InChI=1S/C23H31N3O3S/c1-23(2,13-17(24)15-30)14-20(22(28)29-3)26(25)21(27)19-12-8-7-11-18(19)16-9-5-4-6-10-16/h4-12,17,20,30H,13-15,24-25H2,1-3H3/t17-,20+/m1/s1. The van der Waals surface area contributed by atoms with Crippen LogP contribution in [-0.2, 0) is 9.53 Å². The highest BCUT2D eigenvalue weighted by Gasteiger charge is 2.36. The van der Waals surface area contributed by atoms with Crippen LogP contribution in [-0.4, -0.2) is 41.8 Å². The molecule has 0 heterocycles. The van der Waals surface area contributed by atoms with Crippen LogP contribution in [0.25, 0.3) is 11.1 Å². The van der Waals surface area contributed by atoms with Gasteiger partial charge in [0.2, 0.25) is 0 Å². The molecule has 0 bridgehead atoms. The monoisotopic (exact) mass is 429 g/mol.